The van der Waals surface area contributed by atoms with Gasteiger partial charge in [-0.1, -0.05) is 0 Å². The van der Waals surface area contributed by atoms with Gasteiger partial charge in [-0.3, -0.25) is 0 Å². The molecule has 1 aromatic carbocycles. The first-order valence-corrected chi connectivity index (χ1v) is 4.40. The molecule has 0 N–H and O–H groups in total. The van der Waals surface area contributed by atoms with Gasteiger partial charge in [0.25, 0.3) is 0 Å². The molecule has 0 radical (unpaired) electrons. The molecule has 2 nitrogen and oxygen atoms in total. The smallest absolute Gasteiger partial charge is 0.125 e. The van der Waals surface area contributed by atoms with Gasteiger partial charge in [-0.25, -0.2) is 4.39 Å². The third kappa shape index (κ3) is 1.34. The van der Waals surface area contributed by atoms with Gasteiger partial charge in [0.2, 0.25) is 0 Å². The van der Waals surface area contributed by atoms with Crippen LogP contribution >= 0.6 is 0 Å². The molecule has 0 bridgehead atoms. The molecule has 1 aliphatic rings. The molecule has 0 saturated carbocycles. The summed E-state index contributed by atoms with van der Waals surface area (Å²) < 4.78 is 12.9. The second-order valence-corrected chi connectivity index (χ2v) is 3.48. The maximum atomic E-state index is 12.9. The van der Waals surface area contributed by atoms with E-state index in [1.54, 1.807) is 6.07 Å². The van der Waals surface area contributed by atoms with E-state index in [9.17, 15) is 4.39 Å². The van der Waals surface area contributed by atoms with Crippen LogP contribution in [0, 0.1) is 5.82 Å². The van der Waals surface area contributed by atoms with Gasteiger partial charge in [-0.2, -0.15) is 0 Å². The molecule has 0 fully saturated rings. The Bertz CT molecular complexity index is 325. The van der Waals surface area contributed by atoms with Gasteiger partial charge in [0.05, 0.1) is 11.4 Å². The fourth-order valence-electron chi connectivity index (χ4n) is 1.67. The third-order valence-corrected chi connectivity index (χ3v) is 2.53. The molecule has 0 amide bonds. The van der Waals surface area contributed by atoms with E-state index in [1.165, 1.54) is 6.07 Å². The van der Waals surface area contributed by atoms with Crippen molar-refractivity contribution < 1.29 is 4.39 Å². The second kappa shape index (κ2) is 2.91. The average molecular weight is 180 g/mol. The van der Waals surface area contributed by atoms with Gasteiger partial charge in [-0.05, 0) is 18.2 Å². The minimum atomic E-state index is -0.166. The molecule has 0 aliphatic carbocycles. The average Bonchev–Trinajstić information content (AvgIpc) is 2.12. The monoisotopic (exact) mass is 180 g/mol. The number of benzene rings is 1. The fourth-order valence-corrected chi connectivity index (χ4v) is 1.67. The molecule has 1 aromatic rings. The second-order valence-electron chi connectivity index (χ2n) is 3.48. The van der Waals surface area contributed by atoms with E-state index in [0.717, 1.165) is 24.5 Å². The number of hydrogen-bond donors (Lipinski definition) is 0. The molecule has 2 rings (SSSR count). The summed E-state index contributed by atoms with van der Waals surface area (Å²) in [7, 11) is 4.02. The van der Waals surface area contributed by atoms with Crippen molar-refractivity contribution >= 4 is 11.4 Å². The van der Waals surface area contributed by atoms with Gasteiger partial charge >= 0.3 is 0 Å². The lowest BCUT2D eigenvalue weighted by molar-refractivity contribution is 0.625. The Morgan fingerprint density at radius 2 is 1.69 bits per heavy atom. The molecular weight excluding hydrogens is 167 g/mol. The number of nitrogens with zero attached hydrogens (tertiary/aromatic N) is 2. The number of halogens is 1. The van der Waals surface area contributed by atoms with Crippen LogP contribution in [0.4, 0.5) is 15.8 Å². The predicted molar refractivity (Wildman–Crippen MR) is 52.9 cm³/mol. The Kier molecular flexibility index (Phi) is 1.87. The number of likely N-dealkylation sites (N-methyl/N-ethyl adjacent to an activating group) is 2. The lowest BCUT2D eigenvalue weighted by Crippen LogP contribution is -2.36. The zero-order chi connectivity index (χ0) is 9.42. The summed E-state index contributed by atoms with van der Waals surface area (Å²) in [6.45, 7) is 1.95. The Morgan fingerprint density at radius 1 is 1.08 bits per heavy atom. The van der Waals surface area contributed by atoms with E-state index in [2.05, 4.69) is 9.80 Å². The molecule has 0 aromatic heterocycles. The highest BCUT2D eigenvalue weighted by molar-refractivity contribution is 5.72. The topological polar surface area (TPSA) is 6.48 Å². The summed E-state index contributed by atoms with van der Waals surface area (Å²) in [5.41, 5.74) is 2.09. The van der Waals surface area contributed by atoms with E-state index in [-0.39, 0.29) is 5.82 Å². The minimum Gasteiger partial charge on any atom is -0.371 e. The van der Waals surface area contributed by atoms with Crippen LogP contribution < -0.4 is 9.80 Å². The Labute approximate surface area is 77.6 Å². The van der Waals surface area contributed by atoms with Crippen molar-refractivity contribution in [3.05, 3.63) is 24.0 Å². The molecule has 0 atom stereocenters. The highest BCUT2D eigenvalue weighted by Gasteiger charge is 2.17. The molecule has 3 heteroatoms. The van der Waals surface area contributed by atoms with E-state index >= 15 is 0 Å². The maximum Gasteiger partial charge on any atom is 0.125 e. The maximum absolute atomic E-state index is 12.9. The lowest BCUT2D eigenvalue weighted by Gasteiger charge is -2.34. The van der Waals surface area contributed by atoms with Crippen molar-refractivity contribution in [2.45, 2.75) is 0 Å². The number of anilines is 2. The SMILES string of the molecule is CN1CCN(C)c2cc(F)ccc21. The van der Waals surface area contributed by atoms with Crippen LogP contribution in [0.3, 0.4) is 0 Å². The normalized spacial score (nSPS) is 15.9. The van der Waals surface area contributed by atoms with Crippen LogP contribution in [0.2, 0.25) is 0 Å². The molecule has 1 aliphatic heterocycles. The van der Waals surface area contributed by atoms with Crippen LogP contribution in [-0.2, 0) is 0 Å². The lowest BCUT2D eigenvalue weighted by atomic mass is 10.2. The standard InChI is InChI=1S/C10H13FN2/c1-12-5-6-13(2)10-7-8(11)3-4-9(10)12/h3-4,7H,5-6H2,1-2H3. The zero-order valence-corrected chi connectivity index (χ0v) is 7.92. The largest absolute Gasteiger partial charge is 0.371 e. The summed E-state index contributed by atoms with van der Waals surface area (Å²) in [5, 5.41) is 0. The van der Waals surface area contributed by atoms with Gasteiger partial charge in [0.1, 0.15) is 5.82 Å². The van der Waals surface area contributed by atoms with Crippen molar-refractivity contribution in [1.29, 1.82) is 0 Å². The Hall–Kier alpha value is -1.25. The number of fused-ring (bicyclic) bond motifs is 1. The van der Waals surface area contributed by atoms with Crippen molar-refractivity contribution in [2.24, 2.45) is 0 Å². The minimum absolute atomic E-state index is 0.166. The van der Waals surface area contributed by atoms with Crippen molar-refractivity contribution in [3.63, 3.8) is 0 Å². The van der Waals surface area contributed by atoms with Crippen molar-refractivity contribution in [2.75, 3.05) is 37.0 Å². The summed E-state index contributed by atoms with van der Waals surface area (Å²) in [6.07, 6.45) is 0. The van der Waals surface area contributed by atoms with Crippen LogP contribution in [0.25, 0.3) is 0 Å². The first-order valence-electron chi connectivity index (χ1n) is 4.40. The molecular formula is C10H13FN2. The Balaban J connectivity index is 2.50. The molecule has 13 heavy (non-hydrogen) atoms. The highest BCUT2D eigenvalue weighted by atomic mass is 19.1. The molecule has 0 spiro atoms. The number of hydrogen-bond acceptors (Lipinski definition) is 2. The highest BCUT2D eigenvalue weighted by Crippen LogP contribution is 2.31. The van der Waals surface area contributed by atoms with Crippen molar-refractivity contribution in [1.82, 2.24) is 0 Å². The Morgan fingerprint density at radius 3 is 2.38 bits per heavy atom. The van der Waals surface area contributed by atoms with Crippen LogP contribution in [0.5, 0.6) is 0 Å². The quantitative estimate of drug-likeness (QED) is 0.599. The predicted octanol–water partition coefficient (Wildman–Crippen LogP) is 1.71. The van der Waals surface area contributed by atoms with Crippen LogP contribution in [0.1, 0.15) is 0 Å². The summed E-state index contributed by atoms with van der Waals surface area (Å²) in [4.78, 5) is 4.23. The van der Waals surface area contributed by atoms with E-state index in [4.69, 9.17) is 0 Å². The van der Waals surface area contributed by atoms with Gasteiger partial charge in [-0.15, -0.1) is 0 Å². The first-order chi connectivity index (χ1) is 6.18. The molecule has 70 valence electrons. The zero-order valence-electron chi connectivity index (χ0n) is 7.92. The van der Waals surface area contributed by atoms with Crippen molar-refractivity contribution in [3.8, 4) is 0 Å². The van der Waals surface area contributed by atoms with E-state index < -0.39 is 0 Å². The van der Waals surface area contributed by atoms with E-state index in [1.807, 2.05) is 20.2 Å². The van der Waals surface area contributed by atoms with Gasteiger partial charge in [0, 0.05) is 27.2 Å². The fraction of sp³-hybridized carbons (Fsp3) is 0.400. The third-order valence-electron chi connectivity index (χ3n) is 2.53. The van der Waals surface area contributed by atoms with Gasteiger partial charge < -0.3 is 9.80 Å². The molecule has 0 unspecified atom stereocenters. The molecule has 0 saturated heterocycles. The van der Waals surface area contributed by atoms with Gasteiger partial charge in [0.15, 0.2) is 0 Å². The summed E-state index contributed by atoms with van der Waals surface area (Å²) >= 11 is 0. The van der Waals surface area contributed by atoms with Crippen LogP contribution in [-0.4, -0.2) is 27.2 Å². The summed E-state index contributed by atoms with van der Waals surface area (Å²) in [6, 6.07) is 4.93. The van der Waals surface area contributed by atoms with Crippen LogP contribution in [0.15, 0.2) is 18.2 Å². The molecule has 1 heterocycles. The number of rotatable bonds is 0. The first kappa shape index (κ1) is 8.35. The van der Waals surface area contributed by atoms with E-state index in [0.29, 0.717) is 0 Å². The summed E-state index contributed by atoms with van der Waals surface area (Å²) in [5.74, 6) is -0.166.